The van der Waals surface area contributed by atoms with Crippen LogP contribution in [0.5, 0.6) is 0 Å². The average molecular weight is 264 g/mol. The zero-order valence-electron chi connectivity index (χ0n) is 11.7. The number of carbonyl (C=O) groups is 1. The molecule has 1 fully saturated rings. The van der Waals surface area contributed by atoms with Gasteiger partial charge in [0.05, 0.1) is 0 Å². The molecule has 1 N–H and O–H groups in total. The van der Waals surface area contributed by atoms with Crippen molar-refractivity contribution in [3.8, 4) is 0 Å². The van der Waals surface area contributed by atoms with Gasteiger partial charge in [-0.05, 0) is 50.1 Å². The molecule has 2 rings (SSSR count). The van der Waals surface area contributed by atoms with Gasteiger partial charge in [0, 0.05) is 24.7 Å². The number of rotatable bonds is 2. The van der Waals surface area contributed by atoms with Crippen molar-refractivity contribution in [1.82, 2.24) is 10.2 Å². The van der Waals surface area contributed by atoms with Crippen molar-refractivity contribution in [3.05, 3.63) is 35.1 Å². The smallest absolute Gasteiger partial charge is 0.254 e. The van der Waals surface area contributed by atoms with Crippen molar-refractivity contribution in [2.24, 2.45) is 5.92 Å². The second-order valence-electron chi connectivity index (χ2n) is 5.37. The summed E-state index contributed by atoms with van der Waals surface area (Å²) in [5, 5.41) is 3.28. The minimum Gasteiger partial charge on any atom is -0.338 e. The molecule has 0 saturated carbocycles. The summed E-state index contributed by atoms with van der Waals surface area (Å²) in [6.07, 6.45) is 0.962. The molecule has 1 aliphatic heterocycles. The van der Waals surface area contributed by atoms with Crippen LogP contribution in [0.1, 0.15) is 29.3 Å². The molecule has 1 amide bonds. The molecule has 1 heterocycles. The molecular weight excluding hydrogens is 243 g/mol. The third-order valence-electron chi connectivity index (χ3n) is 3.98. The van der Waals surface area contributed by atoms with Gasteiger partial charge >= 0.3 is 0 Å². The van der Waals surface area contributed by atoms with Crippen molar-refractivity contribution in [1.29, 1.82) is 0 Å². The van der Waals surface area contributed by atoms with E-state index in [1.54, 1.807) is 13.0 Å². The number of nitrogens with zero attached hydrogens (tertiary/aromatic N) is 1. The van der Waals surface area contributed by atoms with Gasteiger partial charge in [0.1, 0.15) is 5.82 Å². The first-order chi connectivity index (χ1) is 9.02. The third kappa shape index (κ3) is 2.95. The highest BCUT2D eigenvalue weighted by Gasteiger charge is 2.28. The van der Waals surface area contributed by atoms with Crippen LogP contribution in [0.15, 0.2) is 18.2 Å². The van der Waals surface area contributed by atoms with Gasteiger partial charge in [-0.3, -0.25) is 4.79 Å². The Hall–Kier alpha value is -1.42. The largest absolute Gasteiger partial charge is 0.338 e. The Kier molecular flexibility index (Phi) is 4.20. The van der Waals surface area contributed by atoms with E-state index in [4.69, 9.17) is 0 Å². The predicted octanol–water partition coefficient (Wildman–Crippen LogP) is 2.20. The van der Waals surface area contributed by atoms with Crippen molar-refractivity contribution in [3.63, 3.8) is 0 Å². The van der Waals surface area contributed by atoms with Crippen LogP contribution < -0.4 is 5.32 Å². The first-order valence-corrected chi connectivity index (χ1v) is 6.75. The highest BCUT2D eigenvalue weighted by molar-refractivity contribution is 5.95. The van der Waals surface area contributed by atoms with E-state index in [0.29, 0.717) is 23.1 Å². The molecule has 4 heteroatoms. The number of benzene rings is 1. The Morgan fingerprint density at radius 1 is 1.47 bits per heavy atom. The molecule has 1 aromatic carbocycles. The second-order valence-corrected chi connectivity index (χ2v) is 5.37. The number of halogens is 1. The van der Waals surface area contributed by atoms with Gasteiger partial charge in [-0.1, -0.05) is 6.92 Å². The van der Waals surface area contributed by atoms with E-state index in [2.05, 4.69) is 12.2 Å². The Morgan fingerprint density at radius 3 is 2.79 bits per heavy atom. The molecule has 2 unspecified atom stereocenters. The molecule has 2 atom stereocenters. The summed E-state index contributed by atoms with van der Waals surface area (Å²) >= 11 is 0. The van der Waals surface area contributed by atoms with Gasteiger partial charge in [-0.15, -0.1) is 0 Å². The number of aryl methyl sites for hydroxylation is 1. The lowest BCUT2D eigenvalue weighted by atomic mass is 9.93. The highest BCUT2D eigenvalue weighted by atomic mass is 19.1. The summed E-state index contributed by atoms with van der Waals surface area (Å²) in [4.78, 5) is 14.3. The Balaban J connectivity index is 2.12. The summed E-state index contributed by atoms with van der Waals surface area (Å²) in [6.45, 7) is 5.44. The Bertz CT molecular complexity index is 475. The summed E-state index contributed by atoms with van der Waals surface area (Å²) in [6, 6.07) is 4.82. The third-order valence-corrected chi connectivity index (χ3v) is 3.98. The zero-order chi connectivity index (χ0) is 14.0. The van der Waals surface area contributed by atoms with Crippen LogP contribution in [-0.4, -0.2) is 37.0 Å². The molecule has 3 nitrogen and oxygen atoms in total. The Morgan fingerprint density at radius 2 is 2.21 bits per heavy atom. The number of hydrogen-bond acceptors (Lipinski definition) is 2. The first kappa shape index (κ1) is 14.0. The van der Waals surface area contributed by atoms with Crippen LogP contribution in [0.4, 0.5) is 4.39 Å². The number of nitrogens with one attached hydrogen (secondary N) is 1. The van der Waals surface area contributed by atoms with Crippen molar-refractivity contribution >= 4 is 5.91 Å². The van der Waals surface area contributed by atoms with Crippen LogP contribution in [-0.2, 0) is 0 Å². The average Bonchev–Trinajstić information content (AvgIpc) is 2.38. The zero-order valence-corrected chi connectivity index (χ0v) is 11.7. The molecule has 1 aliphatic rings. The van der Waals surface area contributed by atoms with E-state index >= 15 is 0 Å². The van der Waals surface area contributed by atoms with Gasteiger partial charge in [0.2, 0.25) is 0 Å². The fourth-order valence-corrected chi connectivity index (χ4v) is 2.80. The van der Waals surface area contributed by atoms with Crippen molar-refractivity contribution in [2.75, 3.05) is 20.1 Å². The van der Waals surface area contributed by atoms with Gasteiger partial charge in [0.25, 0.3) is 5.91 Å². The maximum Gasteiger partial charge on any atom is 0.254 e. The summed E-state index contributed by atoms with van der Waals surface area (Å²) in [5.41, 5.74) is 1.31. The van der Waals surface area contributed by atoms with Gasteiger partial charge in [-0.2, -0.15) is 0 Å². The SMILES string of the molecule is CNC1CCN(C(=O)c2ccc(F)cc2C)CC1C. The molecule has 104 valence electrons. The van der Waals surface area contributed by atoms with Gasteiger partial charge < -0.3 is 10.2 Å². The monoisotopic (exact) mass is 264 g/mol. The highest BCUT2D eigenvalue weighted by Crippen LogP contribution is 2.20. The molecular formula is C15H21FN2O. The fourth-order valence-electron chi connectivity index (χ4n) is 2.80. The van der Waals surface area contributed by atoms with Gasteiger partial charge in [-0.25, -0.2) is 4.39 Å². The molecule has 19 heavy (non-hydrogen) atoms. The quantitative estimate of drug-likeness (QED) is 0.888. The normalized spacial score (nSPS) is 23.5. The van der Waals surface area contributed by atoms with E-state index in [1.165, 1.54) is 12.1 Å². The number of likely N-dealkylation sites (tertiary alicyclic amines) is 1. The van der Waals surface area contributed by atoms with Crippen LogP contribution >= 0.6 is 0 Å². The molecule has 0 radical (unpaired) electrons. The van der Waals surface area contributed by atoms with E-state index in [0.717, 1.165) is 19.5 Å². The predicted molar refractivity (Wildman–Crippen MR) is 73.7 cm³/mol. The summed E-state index contributed by atoms with van der Waals surface area (Å²) in [5.74, 6) is 0.152. The minimum atomic E-state index is -0.295. The van der Waals surface area contributed by atoms with Crippen molar-refractivity contribution in [2.45, 2.75) is 26.3 Å². The second kappa shape index (κ2) is 5.70. The molecule has 0 bridgehead atoms. The molecule has 0 aliphatic carbocycles. The van der Waals surface area contributed by atoms with E-state index in [-0.39, 0.29) is 11.7 Å². The van der Waals surface area contributed by atoms with Crippen LogP contribution in [0.3, 0.4) is 0 Å². The number of piperidine rings is 1. The van der Waals surface area contributed by atoms with Gasteiger partial charge in [0.15, 0.2) is 0 Å². The maximum atomic E-state index is 13.1. The lowest BCUT2D eigenvalue weighted by Crippen LogP contribution is -2.49. The number of carbonyl (C=O) groups excluding carboxylic acids is 1. The summed E-state index contributed by atoms with van der Waals surface area (Å²) < 4.78 is 13.1. The lowest BCUT2D eigenvalue weighted by Gasteiger charge is -2.37. The van der Waals surface area contributed by atoms with Crippen molar-refractivity contribution < 1.29 is 9.18 Å². The lowest BCUT2D eigenvalue weighted by molar-refractivity contribution is 0.0648. The summed E-state index contributed by atoms with van der Waals surface area (Å²) in [7, 11) is 1.96. The molecule has 0 spiro atoms. The maximum absolute atomic E-state index is 13.1. The standard InChI is InChI=1S/C15H21FN2O/c1-10-8-12(16)4-5-13(10)15(19)18-7-6-14(17-3)11(2)9-18/h4-5,8,11,14,17H,6-7,9H2,1-3H3. The number of hydrogen-bond donors (Lipinski definition) is 1. The first-order valence-electron chi connectivity index (χ1n) is 6.75. The van der Waals surface area contributed by atoms with E-state index in [1.807, 2.05) is 11.9 Å². The van der Waals surface area contributed by atoms with E-state index in [9.17, 15) is 9.18 Å². The Labute approximate surface area is 113 Å². The van der Waals surface area contributed by atoms with E-state index < -0.39 is 0 Å². The minimum absolute atomic E-state index is 0.0129. The fraction of sp³-hybridized carbons (Fsp3) is 0.533. The van der Waals surface area contributed by atoms with Crippen LogP contribution in [0, 0.1) is 18.7 Å². The van der Waals surface area contributed by atoms with Crippen LogP contribution in [0.25, 0.3) is 0 Å². The topological polar surface area (TPSA) is 32.3 Å². The molecule has 1 saturated heterocycles. The molecule has 0 aromatic heterocycles. The number of amides is 1. The van der Waals surface area contributed by atoms with Crippen LogP contribution in [0.2, 0.25) is 0 Å². The molecule has 1 aromatic rings.